The Labute approximate surface area is 164 Å². The average Bonchev–Trinajstić information content (AvgIpc) is 2.77. The van der Waals surface area contributed by atoms with Crippen molar-refractivity contribution in [1.29, 1.82) is 0 Å². The van der Waals surface area contributed by atoms with E-state index in [1.165, 1.54) is 0 Å². The van der Waals surface area contributed by atoms with Crippen molar-refractivity contribution in [3.63, 3.8) is 0 Å². The normalized spacial score (nSPS) is 14.2. The average molecular weight is 384 g/mol. The maximum absolute atomic E-state index is 12.6. The Kier molecular flexibility index (Phi) is 6.31. The molecule has 1 aliphatic heterocycles. The quantitative estimate of drug-likeness (QED) is 0.704. The highest BCUT2D eigenvalue weighted by Gasteiger charge is 2.21. The minimum Gasteiger partial charge on any atom is -0.496 e. The number of methoxy groups -OCH3 is 3. The van der Waals surface area contributed by atoms with Crippen LogP contribution in [0.5, 0.6) is 17.2 Å². The molecule has 3 rings (SSSR count). The van der Waals surface area contributed by atoms with Crippen LogP contribution in [0.4, 0.5) is 5.95 Å². The molecule has 8 heteroatoms. The van der Waals surface area contributed by atoms with E-state index in [-0.39, 0.29) is 5.91 Å². The first-order valence-electron chi connectivity index (χ1n) is 8.95. The van der Waals surface area contributed by atoms with E-state index in [0.29, 0.717) is 49.4 Å². The lowest BCUT2D eigenvalue weighted by molar-refractivity contribution is -0.126. The molecule has 0 aliphatic carbocycles. The van der Waals surface area contributed by atoms with E-state index in [1.54, 1.807) is 64.1 Å². The number of ether oxygens (including phenoxy) is 3. The fourth-order valence-electron chi connectivity index (χ4n) is 3.03. The minimum absolute atomic E-state index is 0.0505. The molecule has 1 aromatic carbocycles. The van der Waals surface area contributed by atoms with Crippen molar-refractivity contribution in [1.82, 2.24) is 14.9 Å². The van der Waals surface area contributed by atoms with Gasteiger partial charge >= 0.3 is 0 Å². The van der Waals surface area contributed by atoms with Crippen LogP contribution >= 0.6 is 0 Å². The SMILES string of the molecule is COc1cc(OC)c(OC)cc1/C=C/C(=O)N1CCN(c2ncccn2)CC1. The lowest BCUT2D eigenvalue weighted by Crippen LogP contribution is -2.48. The molecule has 0 atom stereocenters. The van der Waals surface area contributed by atoms with E-state index in [4.69, 9.17) is 14.2 Å². The number of aromatic nitrogens is 2. The van der Waals surface area contributed by atoms with E-state index in [2.05, 4.69) is 14.9 Å². The lowest BCUT2D eigenvalue weighted by Gasteiger charge is -2.34. The summed E-state index contributed by atoms with van der Waals surface area (Å²) in [6.07, 6.45) is 6.73. The van der Waals surface area contributed by atoms with Crippen molar-refractivity contribution in [2.45, 2.75) is 0 Å². The molecule has 2 aromatic rings. The van der Waals surface area contributed by atoms with Gasteiger partial charge in [0.25, 0.3) is 0 Å². The number of benzene rings is 1. The van der Waals surface area contributed by atoms with Crippen molar-refractivity contribution in [3.05, 3.63) is 42.2 Å². The standard InChI is InChI=1S/C20H24N4O4/c1-26-16-14-18(28-3)17(27-2)13-15(16)5-6-19(25)23-9-11-24(12-10-23)20-21-7-4-8-22-20/h4-8,13-14H,9-12H2,1-3H3/b6-5+. The summed E-state index contributed by atoms with van der Waals surface area (Å²) in [5.41, 5.74) is 0.741. The van der Waals surface area contributed by atoms with Crippen LogP contribution in [0.25, 0.3) is 6.08 Å². The molecule has 1 fully saturated rings. The van der Waals surface area contributed by atoms with Gasteiger partial charge in [-0.2, -0.15) is 0 Å². The molecular formula is C20H24N4O4. The fraction of sp³-hybridized carbons (Fsp3) is 0.350. The zero-order chi connectivity index (χ0) is 19.9. The third kappa shape index (κ3) is 4.33. The Morgan fingerprint density at radius 2 is 1.54 bits per heavy atom. The summed E-state index contributed by atoms with van der Waals surface area (Å²) in [6, 6.07) is 5.31. The highest BCUT2D eigenvalue weighted by molar-refractivity contribution is 5.92. The van der Waals surface area contributed by atoms with Crippen LogP contribution in [-0.2, 0) is 4.79 Å². The van der Waals surface area contributed by atoms with Gasteiger partial charge in [0, 0.05) is 56.3 Å². The van der Waals surface area contributed by atoms with E-state index in [9.17, 15) is 4.79 Å². The predicted molar refractivity (Wildman–Crippen MR) is 106 cm³/mol. The summed E-state index contributed by atoms with van der Waals surface area (Å²) in [5, 5.41) is 0. The summed E-state index contributed by atoms with van der Waals surface area (Å²) in [4.78, 5) is 25.0. The van der Waals surface area contributed by atoms with Gasteiger partial charge in [0.1, 0.15) is 5.75 Å². The Morgan fingerprint density at radius 3 is 2.14 bits per heavy atom. The summed E-state index contributed by atoms with van der Waals surface area (Å²) in [5.74, 6) is 2.40. The number of nitrogens with zero attached hydrogens (tertiary/aromatic N) is 4. The van der Waals surface area contributed by atoms with E-state index in [0.717, 1.165) is 5.56 Å². The number of rotatable bonds is 6. The fourth-order valence-corrected chi connectivity index (χ4v) is 3.03. The molecule has 1 amide bonds. The van der Waals surface area contributed by atoms with Crippen molar-refractivity contribution in [2.24, 2.45) is 0 Å². The van der Waals surface area contributed by atoms with Crippen LogP contribution in [0.15, 0.2) is 36.7 Å². The zero-order valence-corrected chi connectivity index (χ0v) is 16.3. The summed E-state index contributed by atoms with van der Waals surface area (Å²) in [7, 11) is 4.71. The van der Waals surface area contributed by atoms with Gasteiger partial charge in [0.2, 0.25) is 11.9 Å². The molecule has 28 heavy (non-hydrogen) atoms. The molecule has 0 saturated carbocycles. The van der Waals surface area contributed by atoms with Crippen molar-refractivity contribution in [2.75, 3.05) is 52.4 Å². The first-order chi connectivity index (χ1) is 13.7. The first-order valence-corrected chi connectivity index (χ1v) is 8.95. The monoisotopic (exact) mass is 384 g/mol. The lowest BCUT2D eigenvalue weighted by atomic mass is 10.1. The summed E-state index contributed by atoms with van der Waals surface area (Å²) in [6.45, 7) is 2.63. The number of carbonyl (C=O) groups excluding carboxylic acids is 1. The molecule has 0 bridgehead atoms. The topological polar surface area (TPSA) is 77.0 Å². The number of anilines is 1. The Hall–Kier alpha value is -3.29. The second-order valence-corrected chi connectivity index (χ2v) is 6.14. The largest absolute Gasteiger partial charge is 0.496 e. The molecule has 0 spiro atoms. The van der Waals surface area contributed by atoms with Gasteiger partial charge in [-0.1, -0.05) is 0 Å². The smallest absolute Gasteiger partial charge is 0.246 e. The Bertz CT molecular complexity index is 834. The maximum Gasteiger partial charge on any atom is 0.246 e. The predicted octanol–water partition coefficient (Wildman–Crippen LogP) is 1.86. The number of amides is 1. The molecule has 1 saturated heterocycles. The van der Waals surface area contributed by atoms with Gasteiger partial charge in [-0.15, -0.1) is 0 Å². The Morgan fingerprint density at radius 1 is 0.929 bits per heavy atom. The van der Waals surface area contributed by atoms with Crippen LogP contribution in [0.2, 0.25) is 0 Å². The van der Waals surface area contributed by atoms with Gasteiger partial charge in [-0.3, -0.25) is 4.79 Å². The molecular weight excluding hydrogens is 360 g/mol. The van der Waals surface area contributed by atoms with Gasteiger partial charge in [0.15, 0.2) is 11.5 Å². The zero-order valence-electron chi connectivity index (χ0n) is 16.3. The molecule has 8 nitrogen and oxygen atoms in total. The van der Waals surface area contributed by atoms with Gasteiger partial charge in [-0.25, -0.2) is 9.97 Å². The number of hydrogen-bond acceptors (Lipinski definition) is 7. The van der Waals surface area contributed by atoms with E-state index < -0.39 is 0 Å². The van der Waals surface area contributed by atoms with Gasteiger partial charge in [0.05, 0.1) is 21.3 Å². The second kappa shape index (κ2) is 9.07. The van der Waals surface area contributed by atoms with Gasteiger partial charge < -0.3 is 24.0 Å². The molecule has 0 unspecified atom stereocenters. The highest BCUT2D eigenvalue weighted by atomic mass is 16.5. The summed E-state index contributed by atoms with van der Waals surface area (Å²) >= 11 is 0. The van der Waals surface area contributed by atoms with Crippen LogP contribution in [0, 0.1) is 0 Å². The van der Waals surface area contributed by atoms with Crippen molar-refractivity contribution < 1.29 is 19.0 Å². The first kappa shape index (κ1) is 19.5. The van der Waals surface area contributed by atoms with Crippen LogP contribution < -0.4 is 19.1 Å². The highest BCUT2D eigenvalue weighted by Crippen LogP contribution is 2.35. The molecule has 1 aromatic heterocycles. The van der Waals surface area contributed by atoms with Gasteiger partial charge in [-0.05, 0) is 18.2 Å². The molecule has 148 valence electrons. The molecule has 1 aliphatic rings. The second-order valence-electron chi connectivity index (χ2n) is 6.14. The van der Waals surface area contributed by atoms with Crippen LogP contribution in [0.3, 0.4) is 0 Å². The van der Waals surface area contributed by atoms with Crippen molar-refractivity contribution in [3.8, 4) is 17.2 Å². The minimum atomic E-state index is -0.0505. The molecule has 0 N–H and O–H groups in total. The number of hydrogen-bond donors (Lipinski definition) is 0. The molecule has 0 radical (unpaired) electrons. The molecule has 2 heterocycles. The van der Waals surface area contributed by atoms with E-state index >= 15 is 0 Å². The van der Waals surface area contributed by atoms with Crippen LogP contribution in [-0.4, -0.2) is 68.3 Å². The van der Waals surface area contributed by atoms with Crippen LogP contribution in [0.1, 0.15) is 5.56 Å². The number of piperazine rings is 1. The third-order valence-electron chi connectivity index (χ3n) is 4.57. The summed E-state index contributed by atoms with van der Waals surface area (Å²) < 4.78 is 16.0. The van der Waals surface area contributed by atoms with E-state index in [1.807, 2.05) is 4.90 Å². The Balaban J connectivity index is 1.66. The number of carbonyl (C=O) groups is 1. The van der Waals surface area contributed by atoms with Crippen molar-refractivity contribution >= 4 is 17.9 Å². The third-order valence-corrected chi connectivity index (χ3v) is 4.57. The maximum atomic E-state index is 12.6.